The molecule has 2 aromatic carbocycles. The number of nitriles is 1. The van der Waals surface area contributed by atoms with Gasteiger partial charge in [0.1, 0.15) is 11.9 Å². The zero-order valence-electron chi connectivity index (χ0n) is 15.3. The van der Waals surface area contributed by atoms with Crippen LogP contribution in [0.1, 0.15) is 5.69 Å². The van der Waals surface area contributed by atoms with Crippen LogP contribution in [-0.4, -0.2) is 43.9 Å². The molecule has 4 rings (SSSR count). The molecule has 2 heterocycles. The number of anilines is 1. The molecule has 0 unspecified atom stereocenters. The van der Waals surface area contributed by atoms with Gasteiger partial charge in [-0.15, -0.1) is 0 Å². The standard InChI is InChI=1S/C20H17FN4O3S/c21-16-6-8-17(9-7-16)29(26,27)25-12-10-24(11-13-25)20-18(14-22)23-19(28-20)15-4-2-1-3-5-15/h1-9H,10-13H2. The van der Waals surface area contributed by atoms with Crippen LogP contribution in [0.25, 0.3) is 11.5 Å². The Morgan fingerprint density at radius 3 is 2.28 bits per heavy atom. The van der Waals surface area contributed by atoms with E-state index in [4.69, 9.17) is 4.42 Å². The van der Waals surface area contributed by atoms with E-state index < -0.39 is 15.8 Å². The quantitative estimate of drug-likeness (QED) is 0.655. The number of aromatic nitrogens is 1. The van der Waals surface area contributed by atoms with Crippen LogP contribution in [0.15, 0.2) is 63.9 Å². The predicted octanol–water partition coefficient (Wildman–Crippen LogP) is 2.86. The summed E-state index contributed by atoms with van der Waals surface area (Å²) in [6.45, 7) is 1.12. The lowest BCUT2D eigenvalue weighted by Crippen LogP contribution is -2.48. The summed E-state index contributed by atoms with van der Waals surface area (Å²) in [7, 11) is -3.71. The van der Waals surface area contributed by atoms with E-state index in [1.807, 2.05) is 41.3 Å². The molecule has 29 heavy (non-hydrogen) atoms. The highest BCUT2D eigenvalue weighted by molar-refractivity contribution is 7.89. The third kappa shape index (κ3) is 3.72. The summed E-state index contributed by atoms with van der Waals surface area (Å²) in [5.41, 5.74) is 0.923. The molecule has 3 aromatic rings. The van der Waals surface area contributed by atoms with Crippen LogP contribution in [0.3, 0.4) is 0 Å². The minimum absolute atomic E-state index is 0.0519. The Bertz CT molecular complexity index is 1150. The monoisotopic (exact) mass is 412 g/mol. The minimum Gasteiger partial charge on any atom is -0.419 e. The number of oxazole rings is 1. The average molecular weight is 412 g/mol. The topological polar surface area (TPSA) is 90.4 Å². The fraction of sp³-hybridized carbons (Fsp3) is 0.200. The largest absolute Gasteiger partial charge is 0.419 e. The fourth-order valence-corrected chi connectivity index (χ4v) is 4.61. The van der Waals surface area contributed by atoms with Crippen molar-refractivity contribution in [2.75, 3.05) is 31.1 Å². The first-order chi connectivity index (χ1) is 14.0. The van der Waals surface area contributed by atoms with Crippen molar-refractivity contribution in [1.82, 2.24) is 9.29 Å². The molecule has 0 bridgehead atoms. The first-order valence-electron chi connectivity index (χ1n) is 8.96. The molecule has 148 valence electrons. The highest BCUT2D eigenvalue weighted by Crippen LogP contribution is 2.29. The second kappa shape index (κ2) is 7.66. The third-order valence-corrected chi connectivity index (χ3v) is 6.63. The Balaban J connectivity index is 1.52. The number of rotatable bonds is 4. The summed E-state index contributed by atoms with van der Waals surface area (Å²) in [6.07, 6.45) is 0. The van der Waals surface area contributed by atoms with E-state index in [-0.39, 0.29) is 23.7 Å². The molecule has 1 aromatic heterocycles. The van der Waals surface area contributed by atoms with Crippen molar-refractivity contribution in [2.24, 2.45) is 0 Å². The molecular formula is C20H17FN4O3S. The molecule has 1 aliphatic heterocycles. The molecule has 9 heteroatoms. The molecule has 0 amide bonds. The van der Waals surface area contributed by atoms with Gasteiger partial charge in [-0.3, -0.25) is 0 Å². The predicted molar refractivity (Wildman–Crippen MR) is 104 cm³/mol. The van der Waals surface area contributed by atoms with E-state index in [0.717, 1.165) is 17.7 Å². The van der Waals surface area contributed by atoms with Crippen LogP contribution in [-0.2, 0) is 10.0 Å². The number of piperazine rings is 1. The van der Waals surface area contributed by atoms with E-state index >= 15 is 0 Å². The number of hydrogen-bond donors (Lipinski definition) is 0. The summed E-state index contributed by atoms with van der Waals surface area (Å²) in [5.74, 6) is 0.195. The fourth-order valence-electron chi connectivity index (χ4n) is 3.19. The number of benzene rings is 2. The zero-order chi connectivity index (χ0) is 20.4. The van der Waals surface area contributed by atoms with Crippen LogP contribution in [0.2, 0.25) is 0 Å². The van der Waals surface area contributed by atoms with Gasteiger partial charge in [0, 0.05) is 31.7 Å². The van der Waals surface area contributed by atoms with Crippen molar-refractivity contribution in [3.05, 3.63) is 66.1 Å². The second-order valence-electron chi connectivity index (χ2n) is 6.50. The van der Waals surface area contributed by atoms with E-state index in [9.17, 15) is 18.1 Å². The molecule has 0 radical (unpaired) electrons. The van der Waals surface area contributed by atoms with Gasteiger partial charge in [0.25, 0.3) is 0 Å². The van der Waals surface area contributed by atoms with Gasteiger partial charge in [0.15, 0.2) is 0 Å². The number of halogens is 1. The number of nitrogens with zero attached hydrogens (tertiary/aromatic N) is 4. The van der Waals surface area contributed by atoms with E-state index in [2.05, 4.69) is 4.98 Å². The second-order valence-corrected chi connectivity index (χ2v) is 8.43. The Hall–Kier alpha value is -3.22. The molecular weight excluding hydrogens is 395 g/mol. The maximum atomic E-state index is 13.1. The molecule has 0 spiro atoms. The normalized spacial score (nSPS) is 15.2. The lowest BCUT2D eigenvalue weighted by atomic mass is 10.2. The Morgan fingerprint density at radius 1 is 1.00 bits per heavy atom. The van der Waals surface area contributed by atoms with Gasteiger partial charge in [0.05, 0.1) is 4.90 Å². The molecule has 0 N–H and O–H groups in total. The average Bonchev–Trinajstić information content (AvgIpc) is 3.19. The molecule has 7 nitrogen and oxygen atoms in total. The highest BCUT2D eigenvalue weighted by atomic mass is 32.2. The first kappa shape index (κ1) is 19.1. The van der Waals surface area contributed by atoms with Gasteiger partial charge in [-0.2, -0.15) is 14.6 Å². The summed E-state index contributed by atoms with van der Waals surface area (Å²) < 4.78 is 45.8. The van der Waals surface area contributed by atoms with Crippen molar-refractivity contribution in [3.8, 4) is 17.5 Å². The SMILES string of the molecule is N#Cc1nc(-c2ccccc2)oc1N1CCN(S(=O)(=O)c2ccc(F)cc2)CC1. The summed E-state index contributed by atoms with van der Waals surface area (Å²) >= 11 is 0. The summed E-state index contributed by atoms with van der Waals surface area (Å²) in [5, 5.41) is 9.43. The van der Waals surface area contributed by atoms with Crippen molar-refractivity contribution < 1.29 is 17.2 Å². The molecule has 0 aliphatic carbocycles. The molecule has 0 atom stereocenters. The van der Waals surface area contributed by atoms with Gasteiger partial charge in [-0.1, -0.05) is 18.2 Å². The Kier molecular flexibility index (Phi) is 5.05. The Morgan fingerprint density at radius 2 is 1.66 bits per heavy atom. The van der Waals surface area contributed by atoms with Crippen LogP contribution >= 0.6 is 0 Å². The lowest BCUT2D eigenvalue weighted by molar-refractivity contribution is 0.374. The van der Waals surface area contributed by atoms with Gasteiger partial charge in [-0.05, 0) is 36.4 Å². The van der Waals surface area contributed by atoms with Crippen LogP contribution in [0.4, 0.5) is 10.3 Å². The first-order valence-corrected chi connectivity index (χ1v) is 10.4. The van der Waals surface area contributed by atoms with Crippen LogP contribution < -0.4 is 4.90 Å². The maximum absolute atomic E-state index is 13.1. The molecule has 1 fully saturated rings. The Labute approximate surface area is 167 Å². The zero-order valence-corrected chi connectivity index (χ0v) is 16.1. The molecule has 0 saturated carbocycles. The van der Waals surface area contributed by atoms with Gasteiger partial charge < -0.3 is 9.32 Å². The molecule has 1 aliphatic rings. The van der Waals surface area contributed by atoms with Crippen molar-refractivity contribution in [2.45, 2.75) is 4.90 Å². The summed E-state index contributed by atoms with van der Waals surface area (Å²) in [4.78, 5) is 6.13. The van der Waals surface area contributed by atoms with Gasteiger partial charge in [0.2, 0.25) is 27.5 Å². The van der Waals surface area contributed by atoms with Gasteiger partial charge in [-0.25, -0.2) is 12.8 Å². The molecule has 1 saturated heterocycles. The maximum Gasteiger partial charge on any atom is 0.243 e. The van der Waals surface area contributed by atoms with Crippen molar-refractivity contribution in [3.63, 3.8) is 0 Å². The van der Waals surface area contributed by atoms with E-state index in [0.29, 0.717) is 24.9 Å². The smallest absolute Gasteiger partial charge is 0.243 e. The lowest BCUT2D eigenvalue weighted by Gasteiger charge is -2.33. The number of sulfonamides is 1. The van der Waals surface area contributed by atoms with Gasteiger partial charge >= 0.3 is 0 Å². The van der Waals surface area contributed by atoms with Crippen LogP contribution in [0, 0.1) is 17.1 Å². The van der Waals surface area contributed by atoms with E-state index in [1.54, 1.807) is 0 Å². The third-order valence-electron chi connectivity index (χ3n) is 4.71. The van der Waals surface area contributed by atoms with Crippen molar-refractivity contribution >= 4 is 15.9 Å². The van der Waals surface area contributed by atoms with Crippen LogP contribution in [0.5, 0.6) is 0 Å². The highest BCUT2D eigenvalue weighted by Gasteiger charge is 2.31. The minimum atomic E-state index is -3.71. The summed E-state index contributed by atoms with van der Waals surface area (Å²) in [6, 6.07) is 16.1. The number of hydrogen-bond acceptors (Lipinski definition) is 6. The van der Waals surface area contributed by atoms with Crippen molar-refractivity contribution in [1.29, 1.82) is 5.26 Å². The van der Waals surface area contributed by atoms with E-state index in [1.165, 1.54) is 16.4 Å².